The first-order valence-corrected chi connectivity index (χ1v) is 8.24. The Hall–Kier alpha value is -1.06. The molecule has 2 fully saturated rings. The van der Waals surface area contributed by atoms with Crippen molar-refractivity contribution in [2.45, 2.75) is 37.8 Å². The van der Waals surface area contributed by atoms with Crippen molar-refractivity contribution in [3.05, 3.63) is 29.6 Å². The molecule has 1 N–H and O–H groups in total. The Morgan fingerprint density at radius 3 is 3.16 bits per heavy atom. The Morgan fingerprint density at radius 1 is 1.16 bits per heavy atom. The fourth-order valence-corrected chi connectivity index (χ4v) is 4.42. The van der Waals surface area contributed by atoms with Crippen molar-refractivity contribution >= 4 is 27.1 Å². The molecule has 2 unspecified atom stereocenters. The maximum atomic E-state index is 3.75. The second-order valence-electron chi connectivity index (χ2n) is 5.87. The van der Waals surface area contributed by atoms with Crippen LogP contribution in [0.5, 0.6) is 0 Å². The third-order valence-electron chi connectivity index (χ3n) is 4.64. The van der Waals surface area contributed by atoms with Gasteiger partial charge in [-0.05, 0) is 67.3 Å². The zero-order valence-corrected chi connectivity index (χ0v) is 12.0. The molecule has 0 radical (unpaired) electrons. The zero-order chi connectivity index (χ0) is 12.7. The topological polar surface area (TPSA) is 15.3 Å². The van der Waals surface area contributed by atoms with Crippen LogP contribution in [0.3, 0.4) is 0 Å². The summed E-state index contributed by atoms with van der Waals surface area (Å²) >= 11 is 1.82. The van der Waals surface area contributed by atoms with Gasteiger partial charge in [0, 0.05) is 29.0 Å². The number of rotatable bonds is 2. The van der Waals surface area contributed by atoms with Crippen molar-refractivity contribution in [3.63, 3.8) is 0 Å². The smallest absolute Gasteiger partial charge is 0.0349 e. The van der Waals surface area contributed by atoms with Crippen LogP contribution in [0.4, 0.5) is 5.69 Å². The molecule has 1 aromatic carbocycles. The lowest BCUT2D eigenvalue weighted by Crippen LogP contribution is -2.42. The highest BCUT2D eigenvalue weighted by Crippen LogP contribution is 2.30. The molecule has 0 aliphatic carbocycles. The minimum absolute atomic E-state index is 0.662. The minimum atomic E-state index is 0.662. The molecule has 0 spiro atoms. The summed E-state index contributed by atoms with van der Waals surface area (Å²) in [4.78, 5) is 2.68. The van der Waals surface area contributed by atoms with E-state index in [9.17, 15) is 0 Å². The van der Waals surface area contributed by atoms with Crippen molar-refractivity contribution in [2.24, 2.45) is 0 Å². The first-order valence-electron chi connectivity index (χ1n) is 7.36. The zero-order valence-electron chi connectivity index (χ0n) is 11.1. The van der Waals surface area contributed by atoms with E-state index in [0.29, 0.717) is 6.04 Å². The second kappa shape index (κ2) is 4.80. The number of hydrogen-bond acceptors (Lipinski definition) is 3. The van der Waals surface area contributed by atoms with Crippen LogP contribution in [-0.2, 0) is 0 Å². The Labute approximate surface area is 118 Å². The average Bonchev–Trinajstić information content (AvgIpc) is 3.05. The number of hydrogen-bond donors (Lipinski definition) is 1. The van der Waals surface area contributed by atoms with E-state index in [2.05, 4.69) is 39.9 Å². The quantitative estimate of drug-likeness (QED) is 0.891. The summed E-state index contributed by atoms with van der Waals surface area (Å²) < 4.78 is 1.39. The van der Waals surface area contributed by atoms with E-state index in [1.165, 1.54) is 54.5 Å². The van der Waals surface area contributed by atoms with Gasteiger partial charge in [0.2, 0.25) is 0 Å². The maximum absolute atomic E-state index is 3.75. The van der Waals surface area contributed by atoms with E-state index in [1.807, 2.05) is 11.3 Å². The van der Waals surface area contributed by atoms with Crippen molar-refractivity contribution in [1.29, 1.82) is 0 Å². The average molecular weight is 272 g/mol. The van der Waals surface area contributed by atoms with Gasteiger partial charge in [0.25, 0.3) is 0 Å². The molecule has 1 aromatic heterocycles. The van der Waals surface area contributed by atoms with Crippen molar-refractivity contribution < 1.29 is 0 Å². The number of nitrogens with one attached hydrogen (secondary N) is 1. The molecule has 2 atom stereocenters. The summed E-state index contributed by atoms with van der Waals surface area (Å²) in [5.41, 5.74) is 1.29. The lowest BCUT2D eigenvalue weighted by atomic mass is 9.97. The van der Waals surface area contributed by atoms with E-state index in [1.54, 1.807) is 0 Å². The summed E-state index contributed by atoms with van der Waals surface area (Å²) in [5, 5.41) is 7.29. The van der Waals surface area contributed by atoms with Crippen molar-refractivity contribution in [2.75, 3.05) is 18.4 Å². The number of piperidine rings is 1. The minimum Gasteiger partial charge on any atom is -0.382 e. The highest BCUT2D eigenvalue weighted by molar-refractivity contribution is 7.17. The summed E-state index contributed by atoms with van der Waals surface area (Å²) in [6, 6.07) is 10.5. The first-order chi connectivity index (χ1) is 9.38. The Balaban J connectivity index is 1.48. The summed E-state index contributed by atoms with van der Waals surface area (Å²) in [5.74, 6) is 0. The van der Waals surface area contributed by atoms with E-state index in [4.69, 9.17) is 0 Å². The van der Waals surface area contributed by atoms with Gasteiger partial charge in [0.05, 0.1) is 0 Å². The van der Waals surface area contributed by atoms with Crippen LogP contribution in [-0.4, -0.2) is 30.1 Å². The van der Waals surface area contributed by atoms with E-state index in [0.717, 1.165) is 6.04 Å². The van der Waals surface area contributed by atoms with Crippen LogP contribution in [0.15, 0.2) is 29.6 Å². The largest absolute Gasteiger partial charge is 0.382 e. The molecule has 0 saturated carbocycles. The molecule has 100 valence electrons. The molecule has 3 heteroatoms. The highest BCUT2D eigenvalue weighted by Gasteiger charge is 2.31. The molecule has 2 aliphatic heterocycles. The van der Waals surface area contributed by atoms with Crippen LogP contribution in [0.2, 0.25) is 0 Å². The van der Waals surface area contributed by atoms with Gasteiger partial charge in [0.15, 0.2) is 0 Å². The van der Waals surface area contributed by atoms with Crippen molar-refractivity contribution in [1.82, 2.24) is 4.90 Å². The molecule has 2 aromatic rings. The van der Waals surface area contributed by atoms with Gasteiger partial charge >= 0.3 is 0 Å². The van der Waals surface area contributed by atoms with Crippen LogP contribution in [0.1, 0.15) is 25.7 Å². The number of thiophene rings is 1. The van der Waals surface area contributed by atoms with E-state index < -0.39 is 0 Å². The number of nitrogens with zero attached hydrogens (tertiary/aromatic N) is 1. The van der Waals surface area contributed by atoms with Gasteiger partial charge in [-0.1, -0.05) is 0 Å². The lowest BCUT2D eigenvalue weighted by molar-refractivity contribution is 0.188. The second-order valence-corrected chi connectivity index (χ2v) is 6.82. The van der Waals surface area contributed by atoms with Gasteiger partial charge in [-0.2, -0.15) is 0 Å². The van der Waals surface area contributed by atoms with Gasteiger partial charge < -0.3 is 10.2 Å². The lowest BCUT2D eigenvalue weighted by Gasteiger charge is -2.35. The fourth-order valence-electron chi connectivity index (χ4n) is 3.65. The maximum Gasteiger partial charge on any atom is 0.0349 e. The predicted molar refractivity (Wildman–Crippen MR) is 83.1 cm³/mol. The molecule has 2 aliphatic rings. The van der Waals surface area contributed by atoms with Crippen LogP contribution in [0, 0.1) is 0 Å². The predicted octanol–water partition coefficient (Wildman–Crippen LogP) is 3.94. The van der Waals surface area contributed by atoms with E-state index in [-0.39, 0.29) is 0 Å². The number of benzene rings is 1. The van der Waals surface area contributed by atoms with Gasteiger partial charge in [-0.15, -0.1) is 11.3 Å². The molecule has 2 nitrogen and oxygen atoms in total. The number of fused-ring (bicyclic) bond motifs is 2. The third-order valence-corrected chi connectivity index (χ3v) is 5.54. The number of anilines is 1. The molecular formula is C16H20N2S. The van der Waals surface area contributed by atoms with Crippen LogP contribution in [0.25, 0.3) is 10.1 Å². The van der Waals surface area contributed by atoms with Gasteiger partial charge in [-0.25, -0.2) is 0 Å². The van der Waals surface area contributed by atoms with Crippen molar-refractivity contribution in [3.8, 4) is 0 Å². The summed E-state index contributed by atoms with van der Waals surface area (Å²) in [7, 11) is 0. The Bertz CT molecular complexity index is 577. The van der Waals surface area contributed by atoms with Crippen LogP contribution >= 0.6 is 11.3 Å². The first kappa shape index (κ1) is 11.7. The third kappa shape index (κ3) is 2.26. The standard InChI is InChI=1S/C16H20N2S/c1-2-15-11-14(5-8-18(15)7-1)17-13-3-4-16-12(10-13)6-9-19-16/h3-4,6,9-10,14-15,17H,1-2,5,7-8,11H2. The fraction of sp³-hybridized carbons (Fsp3) is 0.500. The Kier molecular flexibility index (Phi) is 2.97. The molecule has 2 saturated heterocycles. The molecule has 19 heavy (non-hydrogen) atoms. The van der Waals surface area contributed by atoms with Crippen LogP contribution < -0.4 is 5.32 Å². The van der Waals surface area contributed by atoms with Gasteiger partial charge in [-0.3, -0.25) is 0 Å². The molecule has 4 rings (SSSR count). The Morgan fingerprint density at radius 2 is 2.16 bits per heavy atom. The molecule has 0 bridgehead atoms. The summed E-state index contributed by atoms with van der Waals surface area (Å²) in [6.45, 7) is 2.61. The SMILES string of the molecule is c1cc2cc(NC3CCN4CCCC4C3)ccc2s1. The monoisotopic (exact) mass is 272 g/mol. The van der Waals surface area contributed by atoms with Gasteiger partial charge in [0.1, 0.15) is 0 Å². The molecule has 0 amide bonds. The molecular weight excluding hydrogens is 252 g/mol. The highest BCUT2D eigenvalue weighted by atomic mass is 32.1. The normalized spacial score (nSPS) is 27.6. The molecule has 3 heterocycles. The summed E-state index contributed by atoms with van der Waals surface area (Å²) in [6.07, 6.45) is 5.42. The van der Waals surface area contributed by atoms with E-state index >= 15 is 0 Å².